The Bertz CT molecular complexity index is 1290. The van der Waals surface area contributed by atoms with Crippen LogP contribution in [0.15, 0.2) is 42.0 Å². The largest absolute Gasteiger partial charge is 0.493 e. The van der Waals surface area contributed by atoms with Gasteiger partial charge in [-0.3, -0.25) is 10.1 Å². The van der Waals surface area contributed by atoms with E-state index in [2.05, 4.69) is 42.4 Å². The molecule has 0 unspecified atom stereocenters. The molecule has 1 aromatic heterocycles. The molecular weight excluding hydrogens is 488 g/mol. The Morgan fingerprint density at radius 2 is 1.92 bits per heavy atom. The Labute approximate surface area is 221 Å². The van der Waals surface area contributed by atoms with E-state index in [1.807, 2.05) is 25.1 Å². The fraction of sp³-hybridized carbons (Fsp3) is 0.357. The zero-order valence-corrected chi connectivity index (χ0v) is 22.6. The van der Waals surface area contributed by atoms with E-state index in [0.29, 0.717) is 41.3 Å². The molecule has 0 fully saturated rings. The summed E-state index contributed by atoms with van der Waals surface area (Å²) < 4.78 is 17.2. The van der Waals surface area contributed by atoms with Gasteiger partial charge in [0, 0.05) is 6.42 Å². The number of nitrogens with one attached hydrogen (secondary N) is 1. The van der Waals surface area contributed by atoms with Crippen LogP contribution >= 0.6 is 11.3 Å². The van der Waals surface area contributed by atoms with Crippen LogP contribution in [-0.4, -0.2) is 36.4 Å². The minimum Gasteiger partial charge on any atom is -0.493 e. The van der Waals surface area contributed by atoms with Gasteiger partial charge in [0.25, 0.3) is 5.91 Å². The smallest absolute Gasteiger partial charge is 0.268 e. The van der Waals surface area contributed by atoms with Gasteiger partial charge in [0.2, 0.25) is 5.13 Å². The molecule has 0 saturated heterocycles. The molecule has 1 N–H and O–H groups in total. The second-order valence-corrected chi connectivity index (χ2v) is 9.90. The van der Waals surface area contributed by atoms with Crippen LogP contribution in [-0.2, 0) is 17.6 Å². The number of aromatic nitrogens is 2. The van der Waals surface area contributed by atoms with E-state index in [0.717, 1.165) is 29.2 Å². The lowest BCUT2D eigenvalue weighted by Crippen LogP contribution is -2.13. The van der Waals surface area contributed by atoms with Crippen molar-refractivity contribution in [3.8, 4) is 23.3 Å². The number of carbonyl (C=O) groups is 1. The minimum absolute atomic E-state index is 0.0608. The first-order valence-corrected chi connectivity index (χ1v) is 12.9. The molecule has 1 amide bonds. The number of hydrogen-bond donors (Lipinski definition) is 1. The molecule has 1 heterocycles. The van der Waals surface area contributed by atoms with Crippen LogP contribution in [0.25, 0.3) is 6.08 Å². The summed E-state index contributed by atoms with van der Waals surface area (Å²) in [6.45, 7) is 9.03. The molecule has 0 aliphatic rings. The zero-order chi connectivity index (χ0) is 26.8. The predicted molar refractivity (Wildman–Crippen MR) is 145 cm³/mol. The Kier molecular flexibility index (Phi) is 10.0. The Morgan fingerprint density at radius 3 is 2.62 bits per heavy atom. The van der Waals surface area contributed by atoms with Crippen LogP contribution in [0.5, 0.6) is 17.2 Å². The van der Waals surface area contributed by atoms with Crippen LogP contribution in [0.1, 0.15) is 42.5 Å². The third kappa shape index (κ3) is 8.33. The highest BCUT2D eigenvalue weighted by Gasteiger charge is 2.14. The number of nitriles is 1. The normalized spacial score (nSPS) is 11.2. The number of amides is 1. The average molecular weight is 521 g/mol. The molecule has 0 saturated carbocycles. The first kappa shape index (κ1) is 27.7. The molecule has 0 radical (unpaired) electrons. The van der Waals surface area contributed by atoms with Gasteiger partial charge in [-0.15, -0.1) is 10.2 Å². The molecule has 0 aliphatic heterocycles. The molecule has 194 valence electrons. The van der Waals surface area contributed by atoms with Crippen molar-refractivity contribution in [1.29, 1.82) is 5.26 Å². The number of carbonyl (C=O) groups excluding carboxylic acids is 1. The van der Waals surface area contributed by atoms with Crippen molar-refractivity contribution in [1.82, 2.24) is 10.2 Å². The van der Waals surface area contributed by atoms with Crippen LogP contribution < -0.4 is 19.5 Å². The molecule has 0 atom stereocenters. The van der Waals surface area contributed by atoms with Crippen molar-refractivity contribution in [3.63, 3.8) is 0 Å². The van der Waals surface area contributed by atoms with Crippen LogP contribution in [0.4, 0.5) is 5.13 Å². The molecule has 8 nitrogen and oxygen atoms in total. The molecule has 3 aromatic rings. The van der Waals surface area contributed by atoms with Gasteiger partial charge in [-0.05, 0) is 66.3 Å². The van der Waals surface area contributed by atoms with E-state index < -0.39 is 5.91 Å². The molecule has 3 rings (SSSR count). The highest BCUT2D eigenvalue weighted by Crippen LogP contribution is 2.29. The number of methoxy groups -OCH3 is 1. The molecule has 9 heteroatoms. The summed E-state index contributed by atoms with van der Waals surface area (Å²) >= 11 is 1.30. The lowest BCUT2D eigenvalue weighted by atomic mass is 10.1. The van der Waals surface area contributed by atoms with Gasteiger partial charge < -0.3 is 14.2 Å². The fourth-order valence-corrected chi connectivity index (χ4v) is 4.48. The lowest BCUT2D eigenvalue weighted by molar-refractivity contribution is -0.112. The quantitative estimate of drug-likeness (QED) is 0.188. The highest BCUT2D eigenvalue weighted by molar-refractivity contribution is 7.15. The first-order valence-electron chi connectivity index (χ1n) is 12.1. The van der Waals surface area contributed by atoms with Gasteiger partial charge in [0.15, 0.2) is 11.5 Å². The number of nitrogens with zero attached hydrogens (tertiary/aromatic N) is 3. The molecule has 0 aliphatic carbocycles. The number of anilines is 1. The molecule has 0 bridgehead atoms. The Balaban J connectivity index is 1.61. The molecule has 37 heavy (non-hydrogen) atoms. The first-order chi connectivity index (χ1) is 17.8. The molecule has 2 aromatic carbocycles. The van der Waals surface area contributed by atoms with Gasteiger partial charge >= 0.3 is 0 Å². The maximum atomic E-state index is 12.6. The predicted octanol–water partition coefficient (Wildman–Crippen LogP) is 5.62. The van der Waals surface area contributed by atoms with Crippen LogP contribution in [0, 0.1) is 24.2 Å². The number of aryl methyl sites for hydroxylation is 2. The SMILES string of the molecule is CCc1cc(C)cc(OCCOc2ccc(C=C(C#N)C(=O)Nc3nnc(CC(C)C)s3)cc2OC)c1. The number of benzene rings is 2. The summed E-state index contributed by atoms with van der Waals surface area (Å²) in [7, 11) is 1.54. The van der Waals surface area contributed by atoms with E-state index in [9.17, 15) is 10.1 Å². The van der Waals surface area contributed by atoms with Gasteiger partial charge in [0.1, 0.15) is 35.6 Å². The highest BCUT2D eigenvalue weighted by atomic mass is 32.1. The molecular formula is C28H32N4O4S. The van der Waals surface area contributed by atoms with Crippen molar-refractivity contribution in [2.24, 2.45) is 5.92 Å². The van der Waals surface area contributed by atoms with E-state index in [1.54, 1.807) is 18.2 Å². The summed E-state index contributed by atoms with van der Waals surface area (Å²) in [6, 6.07) is 13.3. The van der Waals surface area contributed by atoms with E-state index >= 15 is 0 Å². The van der Waals surface area contributed by atoms with E-state index in [-0.39, 0.29) is 5.57 Å². The summed E-state index contributed by atoms with van der Waals surface area (Å²) in [5, 5.41) is 21.5. The zero-order valence-electron chi connectivity index (χ0n) is 21.8. The minimum atomic E-state index is -0.548. The van der Waals surface area contributed by atoms with Gasteiger partial charge in [-0.25, -0.2) is 0 Å². The van der Waals surface area contributed by atoms with Crippen molar-refractivity contribution >= 4 is 28.5 Å². The van der Waals surface area contributed by atoms with E-state index in [4.69, 9.17) is 14.2 Å². The number of hydrogen-bond acceptors (Lipinski definition) is 8. The van der Waals surface area contributed by atoms with Gasteiger partial charge in [-0.2, -0.15) is 5.26 Å². The summed E-state index contributed by atoms with van der Waals surface area (Å²) in [6.07, 6.45) is 3.22. The third-order valence-electron chi connectivity index (χ3n) is 5.26. The van der Waals surface area contributed by atoms with E-state index in [1.165, 1.54) is 30.1 Å². The summed E-state index contributed by atoms with van der Waals surface area (Å²) in [5.41, 5.74) is 2.95. The number of ether oxygens (including phenoxy) is 3. The second kappa shape index (κ2) is 13.4. The Morgan fingerprint density at radius 1 is 1.14 bits per heavy atom. The van der Waals surface area contributed by atoms with Crippen molar-refractivity contribution in [3.05, 3.63) is 63.7 Å². The van der Waals surface area contributed by atoms with Crippen LogP contribution in [0.3, 0.4) is 0 Å². The fourth-order valence-electron chi connectivity index (χ4n) is 3.53. The maximum Gasteiger partial charge on any atom is 0.268 e. The van der Waals surface area contributed by atoms with Crippen molar-refractivity contribution < 1.29 is 19.0 Å². The van der Waals surface area contributed by atoms with Crippen molar-refractivity contribution in [2.75, 3.05) is 25.6 Å². The maximum absolute atomic E-state index is 12.6. The summed E-state index contributed by atoms with van der Waals surface area (Å²) in [4.78, 5) is 12.6. The van der Waals surface area contributed by atoms with Gasteiger partial charge in [0.05, 0.1) is 7.11 Å². The third-order valence-corrected chi connectivity index (χ3v) is 6.12. The summed E-state index contributed by atoms with van der Waals surface area (Å²) in [5.74, 6) is 1.73. The number of rotatable bonds is 12. The van der Waals surface area contributed by atoms with Gasteiger partial charge in [-0.1, -0.05) is 44.2 Å². The lowest BCUT2D eigenvalue weighted by Gasteiger charge is -2.13. The Hall–Kier alpha value is -3.90. The standard InChI is InChI=1S/C28H32N4O4S/c1-6-20-12-19(4)13-23(15-20)35-9-10-36-24-8-7-21(16-25(24)34-5)14-22(17-29)27(33)30-28-32-31-26(37-28)11-18(2)3/h7-8,12-16,18H,6,9-11H2,1-5H3,(H,30,32,33). The molecule has 0 spiro atoms. The monoisotopic (exact) mass is 520 g/mol. The topological polar surface area (TPSA) is 106 Å². The second-order valence-electron chi connectivity index (χ2n) is 8.84. The van der Waals surface area contributed by atoms with Crippen molar-refractivity contribution in [2.45, 2.75) is 40.5 Å². The van der Waals surface area contributed by atoms with Crippen LogP contribution in [0.2, 0.25) is 0 Å². The average Bonchev–Trinajstić information content (AvgIpc) is 3.30.